The smallest absolute Gasteiger partial charge is 0.409 e. The number of rotatable bonds is 9. The minimum atomic E-state index is -1.19. The molecule has 5 rings (SSSR count). The molecule has 0 saturated carbocycles. The number of hydrogen-bond donors (Lipinski definition) is 3. The van der Waals surface area contributed by atoms with E-state index in [0.717, 1.165) is 0 Å². The quantitative estimate of drug-likeness (QED) is 0.176. The van der Waals surface area contributed by atoms with Gasteiger partial charge in [-0.05, 0) is 82.6 Å². The molecule has 2 aromatic heterocycles. The van der Waals surface area contributed by atoms with Crippen LogP contribution in [0.15, 0.2) is 85.2 Å². The SMILES string of the molecule is O=C(O)Nc1ccc(-c2cc(C(Cc3cccc(F)c3)NC(=O)C=Cc3cc(Cl)ccc3-n3cnnn3)nnc2Cl)cc1. The minimum Gasteiger partial charge on any atom is -0.465 e. The van der Waals surface area contributed by atoms with E-state index < -0.39 is 23.9 Å². The van der Waals surface area contributed by atoms with Gasteiger partial charge in [0.2, 0.25) is 5.91 Å². The van der Waals surface area contributed by atoms with Crippen LogP contribution in [-0.4, -0.2) is 47.5 Å². The van der Waals surface area contributed by atoms with Gasteiger partial charge < -0.3 is 10.4 Å². The monoisotopic (exact) mass is 618 g/mol. The maximum atomic E-state index is 14.0. The van der Waals surface area contributed by atoms with E-state index in [2.05, 4.69) is 36.4 Å². The van der Waals surface area contributed by atoms with E-state index in [-0.39, 0.29) is 11.6 Å². The molecule has 0 spiro atoms. The summed E-state index contributed by atoms with van der Waals surface area (Å²) in [5.41, 5.74) is 3.71. The number of carbonyl (C=O) groups is 2. The van der Waals surface area contributed by atoms with Gasteiger partial charge >= 0.3 is 6.09 Å². The van der Waals surface area contributed by atoms with Crippen LogP contribution >= 0.6 is 23.2 Å². The van der Waals surface area contributed by atoms with Crippen molar-refractivity contribution in [3.05, 3.63) is 118 Å². The Morgan fingerprint density at radius 1 is 1.02 bits per heavy atom. The van der Waals surface area contributed by atoms with Crippen molar-refractivity contribution in [2.75, 3.05) is 5.32 Å². The molecule has 3 N–H and O–H groups in total. The fraction of sp³-hybridized carbons (Fsp3) is 0.0690. The molecule has 14 heteroatoms. The second-order valence-corrected chi connectivity index (χ2v) is 9.96. The van der Waals surface area contributed by atoms with E-state index >= 15 is 0 Å². The molecule has 0 radical (unpaired) electrons. The topological polar surface area (TPSA) is 148 Å². The number of amides is 2. The lowest BCUT2D eigenvalue weighted by atomic mass is 10.00. The van der Waals surface area contributed by atoms with Gasteiger partial charge in [0.05, 0.1) is 17.4 Å². The van der Waals surface area contributed by atoms with Crippen LogP contribution in [0.1, 0.15) is 22.9 Å². The summed E-state index contributed by atoms with van der Waals surface area (Å²) < 4.78 is 15.5. The van der Waals surface area contributed by atoms with Crippen molar-refractivity contribution in [3.63, 3.8) is 0 Å². The van der Waals surface area contributed by atoms with Crippen LogP contribution in [0.3, 0.4) is 0 Å². The summed E-state index contributed by atoms with van der Waals surface area (Å²) in [6.45, 7) is 0. The molecule has 3 aromatic carbocycles. The van der Waals surface area contributed by atoms with E-state index in [1.165, 1.54) is 29.2 Å². The van der Waals surface area contributed by atoms with Crippen LogP contribution in [0.4, 0.5) is 14.9 Å². The number of benzene rings is 3. The Balaban J connectivity index is 1.44. The first-order chi connectivity index (χ1) is 20.7. The number of carbonyl (C=O) groups excluding carboxylic acids is 1. The summed E-state index contributed by atoms with van der Waals surface area (Å²) in [5, 5.41) is 34.2. The largest absolute Gasteiger partial charge is 0.465 e. The zero-order valence-electron chi connectivity index (χ0n) is 22.0. The van der Waals surface area contributed by atoms with Crippen molar-refractivity contribution in [1.82, 2.24) is 35.7 Å². The van der Waals surface area contributed by atoms with Crippen LogP contribution in [0.25, 0.3) is 22.9 Å². The molecule has 1 unspecified atom stereocenters. The minimum absolute atomic E-state index is 0.106. The van der Waals surface area contributed by atoms with Crippen molar-refractivity contribution in [3.8, 4) is 16.8 Å². The van der Waals surface area contributed by atoms with Gasteiger partial charge in [-0.1, -0.05) is 47.5 Å². The molecule has 0 fully saturated rings. The van der Waals surface area contributed by atoms with Gasteiger partial charge in [-0.3, -0.25) is 10.1 Å². The molecule has 11 nitrogen and oxygen atoms in total. The number of tetrazole rings is 1. The molecule has 1 atom stereocenters. The highest BCUT2D eigenvalue weighted by molar-refractivity contribution is 6.32. The van der Waals surface area contributed by atoms with Crippen molar-refractivity contribution in [2.24, 2.45) is 0 Å². The fourth-order valence-corrected chi connectivity index (χ4v) is 4.66. The van der Waals surface area contributed by atoms with Crippen molar-refractivity contribution in [2.45, 2.75) is 12.5 Å². The van der Waals surface area contributed by atoms with Gasteiger partial charge in [0, 0.05) is 27.9 Å². The Bertz CT molecular complexity index is 1800. The van der Waals surface area contributed by atoms with Gasteiger partial charge in [0.25, 0.3) is 0 Å². The number of aromatic nitrogens is 6. The van der Waals surface area contributed by atoms with Crippen LogP contribution < -0.4 is 10.6 Å². The van der Waals surface area contributed by atoms with Crippen LogP contribution in [0.2, 0.25) is 10.2 Å². The predicted octanol–water partition coefficient (Wildman–Crippen LogP) is 5.77. The molecule has 2 heterocycles. The molecular formula is C29H21Cl2FN8O3. The highest BCUT2D eigenvalue weighted by atomic mass is 35.5. The Kier molecular flexibility index (Phi) is 8.99. The Hall–Kier alpha value is -5.20. The van der Waals surface area contributed by atoms with E-state index in [1.54, 1.807) is 66.7 Å². The molecule has 0 aliphatic rings. The fourth-order valence-electron chi connectivity index (χ4n) is 4.27. The Morgan fingerprint density at radius 3 is 2.56 bits per heavy atom. The van der Waals surface area contributed by atoms with Crippen molar-refractivity contribution < 1.29 is 19.1 Å². The van der Waals surface area contributed by atoms with Crippen LogP contribution in [0.5, 0.6) is 0 Å². The number of anilines is 1. The summed E-state index contributed by atoms with van der Waals surface area (Å²) >= 11 is 12.6. The number of hydrogen-bond acceptors (Lipinski definition) is 7. The lowest BCUT2D eigenvalue weighted by Gasteiger charge is -2.18. The third-order valence-electron chi connectivity index (χ3n) is 6.22. The van der Waals surface area contributed by atoms with Gasteiger partial charge in [-0.15, -0.1) is 10.2 Å². The van der Waals surface area contributed by atoms with E-state index in [0.29, 0.717) is 44.3 Å². The average molecular weight is 619 g/mol. The number of halogens is 3. The first kappa shape index (κ1) is 29.3. The maximum Gasteiger partial charge on any atom is 0.409 e. The first-order valence-corrected chi connectivity index (χ1v) is 13.4. The zero-order valence-corrected chi connectivity index (χ0v) is 23.5. The maximum absolute atomic E-state index is 14.0. The van der Waals surface area contributed by atoms with Crippen LogP contribution in [0, 0.1) is 5.82 Å². The standard InChI is InChI=1S/C29H21Cl2FN8O3/c30-20-7-10-26(40-16-33-38-39-40)19(14-20)6-11-27(41)35-24(13-17-2-1-3-21(32)12-17)25-15-23(28(31)37-36-25)18-4-8-22(9-5-18)34-29(42)43/h1-12,14-16,24,34H,13H2,(H,35,41)(H,42,43). The van der Waals surface area contributed by atoms with Crippen molar-refractivity contribution in [1.29, 1.82) is 0 Å². The second kappa shape index (κ2) is 13.2. The highest BCUT2D eigenvalue weighted by Gasteiger charge is 2.20. The lowest BCUT2D eigenvalue weighted by molar-refractivity contribution is -0.117. The number of nitrogens with zero attached hydrogens (tertiary/aromatic N) is 6. The molecule has 5 aromatic rings. The Labute approximate surface area is 254 Å². The van der Waals surface area contributed by atoms with Gasteiger partial charge in [-0.2, -0.15) is 9.78 Å². The lowest BCUT2D eigenvalue weighted by Crippen LogP contribution is -2.29. The number of nitrogens with one attached hydrogen (secondary N) is 2. The normalized spacial score (nSPS) is 11.8. The predicted molar refractivity (Wildman–Crippen MR) is 158 cm³/mol. The molecule has 0 saturated heterocycles. The summed E-state index contributed by atoms with van der Waals surface area (Å²) in [5.74, 6) is -0.886. The van der Waals surface area contributed by atoms with E-state index in [4.69, 9.17) is 28.3 Å². The Morgan fingerprint density at radius 2 is 1.84 bits per heavy atom. The molecule has 216 valence electrons. The average Bonchev–Trinajstić information content (AvgIpc) is 3.51. The third kappa shape index (κ3) is 7.56. The van der Waals surface area contributed by atoms with Crippen molar-refractivity contribution >= 4 is 47.0 Å². The summed E-state index contributed by atoms with van der Waals surface area (Å²) in [4.78, 5) is 24.1. The molecule has 2 amide bonds. The second-order valence-electron chi connectivity index (χ2n) is 9.17. The molecule has 0 aliphatic carbocycles. The molecule has 0 aliphatic heterocycles. The molecule has 43 heavy (non-hydrogen) atoms. The van der Waals surface area contributed by atoms with Gasteiger partial charge in [0.1, 0.15) is 12.1 Å². The zero-order chi connectivity index (χ0) is 30.3. The molecular weight excluding hydrogens is 598 g/mol. The number of carboxylic acid groups (broad SMARTS) is 1. The first-order valence-electron chi connectivity index (χ1n) is 12.6. The summed E-state index contributed by atoms with van der Waals surface area (Å²) in [7, 11) is 0. The van der Waals surface area contributed by atoms with Gasteiger partial charge in [-0.25, -0.2) is 9.18 Å². The summed E-state index contributed by atoms with van der Waals surface area (Å²) in [6.07, 6.45) is 3.33. The van der Waals surface area contributed by atoms with Gasteiger partial charge in [0.15, 0.2) is 5.15 Å². The highest BCUT2D eigenvalue weighted by Crippen LogP contribution is 2.30. The van der Waals surface area contributed by atoms with E-state index in [9.17, 15) is 14.0 Å². The molecule has 0 bridgehead atoms. The van der Waals surface area contributed by atoms with Crippen LogP contribution in [-0.2, 0) is 11.2 Å². The third-order valence-corrected chi connectivity index (χ3v) is 6.73. The summed E-state index contributed by atoms with van der Waals surface area (Å²) in [6, 6.07) is 18.5. The van der Waals surface area contributed by atoms with E-state index in [1.807, 2.05) is 0 Å².